The van der Waals surface area contributed by atoms with Crippen LogP contribution in [0.4, 0.5) is 0 Å². The summed E-state index contributed by atoms with van der Waals surface area (Å²) in [5, 5.41) is 3.22. The van der Waals surface area contributed by atoms with Crippen LogP contribution in [0.2, 0.25) is 0 Å². The molecule has 7 nitrogen and oxygen atoms in total. The number of benzene rings is 2. The number of fused-ring (bicyclic) bond motifs is 1. The summed E-state index contributed by atoms with van der Waals surface area (Å²) in [6.45, 7) is 5.55. The summed E-state index contributed by atoms with van der Waals surface area (Å²) in [4.78, 5) is 17.5. The molecule has 0 spiro atoms. The van der Waals surface area contributed by atoms with Gasteiger partial charge in [-0.1, -0.05) is 61.0 Å². The van der Waals surface area contributed by atoms with E-state index in [1.807, 2.05) is 19.2 Å². The maximum atomic E-state index is 13.0. The van der Waals surface area contributed by atoms with Gasteiger partial charge in [0.1, 0.15) is 0 Å². The minimum atomic E-state index is -3.52. The Labute approximate surface area is 233 Å². The molecule has 208 valence electrons. The predicted octanol–water partition coefficient (Wildman–Crippen LogP) is 4.51. The first-order valence-electron chi connectivity index (χ1n) is 13.5. The number of unbranched alkanes of at least 4 members (excludes halogenated alkanes) is 1. The monoisotopic (exact) mass is 548 g/mol. The lowest BCUT2D eigenvalue weighted by Crippen LogP contribution is -2.49. The molecule has 1 heterocycles. The van der Waals surface area contributed by atoms with E-state index < -0.39 is 16.1 Å². The number of carbonyl (C=O) groups excluding carboxylic acids is 1. The number of pyridine rings is 1. The fourth-order valence-electron chi connectivity index (χ4n) is 4.85. The number of amides is 1. The van der Waals surface area contributed by atoms with Gasteiger partial charge in [0.25, 0.3) is 0 Å². The number of nitrogens with one attached hydrogen (secondary N) is 2. The summed E-state index contributed by atoms with van der Waals surface area (Å²) in [6, 6.07) is 20.1. The molecule has 39 heavy (non-hydrogen) atoms. The number of aromatic nitrogens is 1. The van der Waals surface area contributed by atoms with Crippen molar-refractivity contribution in [3.8, 4) is 0 Å². The minimum Gasteiger partial charge on any atom is -0.351 e. The number of sulfonamides is 1. The van der Waals surface area contributed by atoms with E-state index in [1.165, 1.54) is 11.1 Å². The van der Waals surface area contributed by atoms with E-state index in [4.69, 9.17) is 5.73 Å². The average Bonchev–Trinajstić information content (AvgIpc) is 2.95. The van der Waals surface area contributed by atoms with Gasteiger partial charge in [-0.2, -0.15) is 0 Å². The van der Waals surface area contributed by atoms with Crippen molar-refractivity contribution in [1.82, 2.24) is 15.0 Å². The van der Waals surface area contributed by atoms with E-state index in [1.54, 1.807) is 42.6 Å². The van der Waals surface area contributed by atoms with E-state index >= 15 is 0 Å². The Morgan fingerprint density at radius 2 is 1.82 bits per heavy atom. The summed E-state index contributed by atoms with van der Waals surface area (Å²) in [5.41, 5.74) is 9.97. The molecule has 3 unspecified atom stereocenters. The van der Waals surface area contributed by atoms with Crippen LogP contribution in [0, 0.1) is 0 Å². The van der Waals surface area contributed by atoms with E-state index in [-0.39, 0.29) is 22.8 Å². The van der Waals surface area contributed by atoms with Crippen molar-refractivity contribution in [2.24, 2.45) is 5.73 Å². The van der Waals surface area contributed by atoms with Gasteiger partial charge in [0.05, 0.1) is 10.9 Å². The number of hydrogen-bond donors (Lipinski definition) is 3. The fraction of sp³-hybridized carbons (Fsp3) is 0.355. The molecule has 0 radical (unpaired) electrons. The number of rotatable bonds is 11. The lowest BCUT2D eigenvalue weighted by atomic mass is 9.76. The van der Waals surface area contributed by atoms with Gasteiger partial charge in [-0.3, -0.25) is 9.78 Å². The van der Waals surface area contributed by atoms with Gasteiger partial charge >= 0.3 is 0 Å². The van der Waals surface area contributed by atoms with Gasteiger partial charge in [0.15, 0.2) is 0 Å². The van der Waals surface area contributed by atoms with Gasteiger partial charge in [-0.25, -0.2) is 13.1 Å². The Morgan fingerprint density at radius 3 is 2.54 bits per heavy atom. The maximum Gasteiger partial charge on any atom is 0.240 e. The lowest BCUT2D eigenvalue weighted by molar-refractivity contribution is -0.123. The second kappa shape index (κ2) is 15.3. The smallest absolute Gasteiger partial charge is 0.240 e. The molecule has 1 amide bonds. The number of aryl methyl sites for hydroxylation is 1. The van der Waals surface area contributed by atoms with Crippen LogP contribution in [0.15, 0.2) is 96.7 Å². The Balaban J connectivity index is 0.00000134. The van der Waals surface area contributed by atoms with Crippen LogP contribution in [0.25, 0.3) is 0 Å². The maximum absolute atomic E-state index is 13.0. The number of nitrogens with zero attached hydrogens (tertiary/aromatic N) is 1. The summed E-state index contributed by atoms with van der Waals surface area (Å²) >= 11 is 0. The lowest BCUT2D eigenvalue weighted by Gasteiger charge is -2.35. The molecule has 0 saturated carbocycles. The van der Waals surface area contributed by atoms with Crippen molar-refractivity contribution in [3.63, 3.8) is 0 Å². The number of nitrogens with two attached hydrogens (primary N) is 1. The normalized spacial score (nSPS) is 17.2. The highest BCUT2D eigenvalue weighted by atomic mass is 32.2. The Morgan fingerprint density at radius 1 is 1.10 bits per heavy atom. The van der Waals surface area contributed by atoms with Crippen molar-refractivity contribution in [1.29, 1.82) is 0 Å². The third kappa shape index (κ3) is 9.13. The molecule has 4 N–H and O–H groups in total. The van der Waals surface area contributed by atoms with Gasteiger partial charge < -0.3 is 11.1 Å². The van der Waals surface area contributed by atoms with Crippen LogP contribution in [0.3, 0.4) is 0 Å². The van der Waals surface area contributed by atoms with Crippen LogP contribution < -0.4 is 15.8 Å². The third-order valence-electron chi connectivity index (χ3n) is 6.80. The molecule has 1 aromatic heterocycles. The number of carbonyl (C=O) groups is 1. The summed E-state index contributed by atoms with van der Waals surface area (Å²) < 4.78 is 27.2. The zero-order valence-electron chi connectivity index (χ0n) is 22.6. The molecule has 0 fully saturated rings. The zero-order valence-corrected chi connectivity index (χ0v) is 23.4. The van der Waals surface area contributed by atoms with Crippen LogP contribution in [0.1, 0.15) is 55.2 Å². The van der Waals surface area contributed by atoms with Gasteiger partial charge in [0.2, 0.25) is 15.9 Å². The first-order valence-corrected chi connectivity index (χ1v) is 15.0. The van der Waals surface area contributed by atoms with Crippen molar-refractivity contribution >= 4 is 15.9 Å². The topological polar surface area (TPSA) is 114 Å². The van der Waals surface area contributed by atoms with Crippen molar-refractivity contribution in [2.45, 2.75) is 68.3 Å². The third-order valence-corrected chi connectivity index (χ3v) is 8.27. The molecule has 8 heteroatoms. The first kappa shape index (κ1) is 30.2. The predicted molar refractivity (Wildman–Crippen MR) is 157 cm³/mol. The molecule has 4 rings (SSSR count). The van der Waals surface area contributed by atoms with Crippen LogP contribution in [-0.2, 0) is 27.7 Å². The Hall–Kier alpha value is -3.33. The zero-order chi connectivity index (χ0) is 28.1. The number of hydrogen-bond acceptors (Lipinski definition) is 5. The van der Waals surface area contributed by atoms with E-state index in [2.05, 4.69) is 51.9 Å². The molecule has 0 saturated heterocycles. The number of allylic oxidation sites excluding steroid dienone is 1. The highest BCUT2D eigenvalue weighted by molar-refractivity contribution is 7.89. The first-order chi connectivity index (χ1) is 18.9. The molecule has 3 aromatic rings. The molecular formula is C31H40N4O3S. The fourth-order valence-corrected chi connectivity index (χ4v) is 5.95. The summed E-state index contributed by atoms with van der Waals surface area (Å²) in [6.07, 6.45) is 9.73. The van der Waals surface area contributed by atoms with Crippen molar-refractivity contribution < 1.29 is 13.2 Å². The second-order valence-electron chi connectivity index (χ2n) is 9.75. The minimum absolute atomic E-state index is 0.00339. The van der Waals surface area contributed by atoms with Crippen molar-refractivity contribution in [2.75, 3.05) is 6.54 Å². The second-order valence-corrected chi connectivity index (χ2v) is 11.5. The van der Waals surface area contributed by atoms with Gasteiger partial charge in [0, 0.05) is 30.9 Å². The highest BCUT2D eigenvalue weighted by Gasteiger charge is 2.31. The Bertz CT molecular complexity index is 1280. The summed E-state index contributed by atoms with van der Waals surface area (Å²) in [5.74, 6) is 0.00290. The van der Waals surface area contributed by atoms with E-state index in [0.29, 0.717) is 25.8 Å². The molecule has 0 aliphatic heterocycles. The standard InChI is InChI=1S/C28H34N4O3S.C3H6/c29-26(14-6-7-18-31-36(34,35)23-11-2-1-3-12-23)28(33)32-27-16-15-22-10-4-5-13-24(22)25(27)19-21-9-8-17-30-20-21;1-3-2/h1-5,8-13,17,20,25-27,31H,6-7,14-16,18-19,29H2,(H,32,33);3H,1H2,2H3. The SMILES string of the molecule is C=CC.NC(CCCCNS(=O)(=O)c1ccccc1)C(=O)NC1CCc2ccccc2C1Cc1cccnc1. The molecule has 2 aromatic carbocycles. The quantitative estimate of drug-likeness (QED) is 0.241. The molecule has 1 aliphatic rings. The largest absolute Gasteiger partial charge is 0.351 e. The van der Waals surface area contributed by atoms with E-state index in [9.17, 15) is 13.2 Å². The average molecular weight is 549 g/mol. The van der Waals surface area contributed by atoms with Crippen LogP contribution >= 0.6 is 0 Å². The van der Waals surface area contributed by atoms with E-state index in [0.717, 1.165) is 24.8 Å². The van der Waals surface area contributed by atoms with Gasteiger partial charge in [-0.05, 0) is 73.9 Å². The molecule has 1 aliphatic carbocycles. The molecular weight excluding hydrogens is 508 g/mol. The molecule has 0 bridgehead atoms. The molecule has 3 atom stereocenters. The van der Waals surface area contributed by atoms with Crippen LogP contribution in [-0.4, -0.2) is 37.9 Å². The van der Waals surface area contributed by atoms with Gasteiger partial charge in [-0.15, -0.1) is 6.58 Å². The summed E-state index contributed by atoms with van der Waals surface area (Å²) in [7, 11) is -3.52. The Kier molecular flexibility index (Phi) is 11.9. The van der Waals surface area contributed by atoms with Crippen LogP contribution in [0.5, 0.6) is 0 Å². The van der Waals surface area contributed by atoms with Crippen molar-refractivity contribution in [3.05, 3.63) is 108 Å². The highest BCUT2D eigenvalue weighted by Crippen LogP contribution is 2.34.